The van der Waals surface area contributed by atoms with Crippen molar-refractivity contribution in [3.8, 4) is 5.75 Å². The van der Waals surface area contributed by atoms with Crippen LogP contribution in [0.3, 0.4) is 0 Å². The fourth-order valence-electron chi connectivity index (χ4n) is 5.08. The minimum Gasteiger partial charge on any atom is -0.491 e. The number of nitrogens with zero attached hydrogens (tertiary/aromatic N) is 4. The van der Waals surface area contributed by atoms with Gasteiger partial charge in [0.15, 0.2) is 6.10 Å². The third-order valence-corrected chi connectivity index (χ3v) is 7.91. The standard InChI is InChI=1S/C27H31F3N4O3S/c1-17-13-33(15-20(35)16-36-21-7-8-26-24(12-21)31-18(2)38-26)9-10-34(17)14-19-11-25(37-32-19)22-5-3-4-6-23(22)27(28,29)30/h3-8,12,17,20,25,35H,9-11,13-16H2,1-2H3/t17-,20+,25?/m0/s1. The lowest BCUT2D eigenvalue weighted by atomic mass is 9.98. The Bertz CT molecular complexity index is 1300. The van der Waals surface area contributed by atoms with Crippen LogP contribution in [0.25, 0.3) is 10.2 Å². The number of β-amino-alcohol motifs (C(OH)–C–C–N with tert-alkyl or cyclic N) is 1. The molecule has 2 aliphatic heterocycles. The van der Waals surface area contributed by atoms with Crippen LogP contribution in [0, 0.1) is 6.92 Å². The second-order valence-electron chi connectivity index (χ2n) is 9.95. The summed E-state index contributed by atoms with van der Waals surface area (Å²) < 4.78 is 47.2. The van der Waals surface area contributed by atoms with Crippen molar-refractivity contribution in [2.75, 3.05) is 39.3 Å². The Morgan fingerprint density at radius 2 is 2.03 bits per heavy atom. The fourth-order valence-corrected chi connectivity index (χ4v) is 5.89. The molecule has 3 aromatic rings. The van der Waals surface area contributed by atoms with Gasteiger partial charge in [-0.1, -0.05) is 23.4 Å². The first-order valence-electron chi connectivity index (χ1n) is 12.7. The summed E-state index contributed by atoms with van der Waals surface area (Å²) >= 11 is 1.64. The zero-order valence-corrected chi connectivity index (χ0v) is 22.1. The van der Waals surface area contributed by atoms with E-state index in [1.54, 1.807) is 17.4 Å². The maximum Gasteiger partial charge on any atom is 0.416 e. The van der Waals surface area contributed by atoms with E-state index < -0.39 is 23.9 Å². The molecule has 0 spiro atoms. The molecule has 38 heavy (non-hydrogen) atoms. The van der Waals surface area contributed by atoms with Crippen molar-refractivity contribution in [1.82, 2.24) is 14.8 Å². The SMILES string of the molecule is Cc1nc2cc(OC[C@H](O)CN3CCN(CC4=NOC(c5ccccc5C(F)(F)F)C4)[C@@H](C)C3)ccc2s1. The molecule has 0 radical (unpaired) electrons. The maximum atomic E-state index is 13.4. The van der Waals surface area contributed by atoms with Gasteiger partial charge in [0.2, 0.25) is 0 Å². The molecule has 1 saturated heterocycles. The normalized spacial score (nSPS) is 21.9. The van der Waals surface area contributed by atoms with Crippen LogP contribution in [-0.4, -0.2) is 77.1 Å². The summed E-state index contributed by atoms with van der Waals surface area (Å²) in [5, 5.41) is 15.7. The molecule has 2 aliphatic rings. The monoisotopic (exact) mass is 548 g/mol. The van der Waals surface area contributed by atoms with E-state index >= 15 is 0 Å². The molecular weight excluding hydrogens is 517 g/mol. The highest BCUT2D eigenvalue weighted by Crippen LogP contribution is 2.38. The van der Waals surface area contributed by atoms with Crippen LogP contribution in [0.15, 0.2) is 47.6 Å². The van der Waals surface area contributed by atoms with E-state index in [1.807, 2.05) is 25.1 Å². The van der Waals surface area contributed by atoms with Gasteiger partial charge >= 0.3 is 6.18 Å². The molecule has 0 aliphatic carbocycles. The molecule has 5 rings (SSSR count). The van der Waals surface area contributed by atoms with Gasteiger partial charge in [0.1, 0.15) is 18.5 Å². The summed E-state index contributed by atoms with van der Waals surface area (Å²) in [6.45, 7) is 7.59. The molecule has 1 unspecified atom stereocenters. The highest BCUT2D eigenvalue weighted by molar-refractivity contribution is 7.18. The number of alkyl halides is 3. The smallest absolute Gasteiger partial charge is 0.416 e. The number of benzene rings is 2. The minimum absolute atomic E-state index is 0.120. The second-order valence-corrected chi connectivity index (χ2v) is 11.2. The minimum atomic E-state index is -4.43. The van der Waals surface area contributed by atoms with Gasteiger partial charge in [-0.05, 0) is 32.0 Å². The van der Waals surface area contributed by atoms with E-state index in [4.69, 9.17) is 9.57 Å². The second kappa shape index (κ2) is 11.2. The summed E-state index contributed by atoms with van der Waals surface area (Å²) in [6, 6.07) is 11.5. The van der Waals surface area contributed by atoms with E-state index in [-0.39, 0.29) is 18.2 Å². The van der Waals surface area contributed by atoms with Crippen LogP contribution < -0.4 is 4.74 Å². The summed E-state index contributed by atoms with van der Waals surface area (Å²) in [5.41, 5.74) is 1.09. The van der Waals surface area contributed by atoms with E-state index in [0.29, 0.717) is 25.3 Å². The van der Waals surface area contributed by atoms with Gasteiger partial charge in [-0.3, -0.25) is 9.80 Å². The number of aryl methyl sites for hydroxylation is 1. The lowest BCUT2D eigenvalue weighted by Gasteiger charge is -2.40. The molecule has 11 heteroatoms. The number of aliphatic hydroxyl groups is 1. The third-order valence-electron chi connectivity index (χ3n) is 6.96. The molecule has 1 N–H and O–H groups in total. The topological polar surface area (TPSA) is 70.4 Å². The van der Waals surface area contributed by atoms with Crippen molar-refractivity contribution in [2.24, 2.45) is 5.16 Å². The van der Waals surface area contributed by atoms with Crippen LogP contribution in [-0.2, 0) is 11.0 Å². The Kier molecular flexibility index (Phi) is 7.90. The van der Waals surface area contributed by atoms with Crippen LogP contribution in [0.5, 0.6) is 5.75 Å². The highest BCUT2D eigenvalue weighted by Gasteiger charge is 2.37. The number of aliphatic hydroxyl groups excluding tert-OH is 1. The highest BCUT2D eigenvalue weighted by atomic mass is 32.1. The van der Waals surface area contributed by atoms with Crippen LogP contribution >= 0.6 is 11.3 Å². The first-order chi connectivity index (χ1) is 18.2. The zero-order chi connectivity index (χ0) is 26.9. The Balaban J connectivity index is 1.08. The van der Waals surface area contributed by atoms with Gasteiger partial charge < -0.3 is 14.7 Å². The lowest BCUT2D eigenvalue weighted by Crippen LogP contribution is -2.54. The number of ether oxygens (including phenoxy) is 1. The number of rotatable bonds is 8. The number of fused-ring (bicyclic) bond motifs is 1. The molecule has 1 aromatic heterocycles. The largest absolute Gasteiger partial charge is 0.491 e. The van der Waals surface area contributed by atoms with Crippen LogP contribution in [0.4, 0.5) is 13.2 Å². The molecule has 0 saturated carbocycles. The summed E-state index contributed by atoms with van der Waals surface area (Å²) in [5.74, 6) is 0.691. The molecule has 3 heterocycles. The van der Waals surface area contributed by atoms with Gasteiger partial charge in [-0.2, -0.15) is 13.2 Å². The average Bonchev–Trinajstić information content (AvgIpc) is 3.49. The van der Waals surface area contributed by atoms with Crippen molar-refractivity contribution in [3.63, 3.8) is 0 Å². The first kappa shape index (κ1) is 26.9. The Hall–Kier alpha value is -2.73. The maximum absolute atomic E-state index is 13.4. The van der Waals surface area contributed by atoms with E-state index in [9.17, 15) is 18.3 Å². The van der Waals surface area contributed by atoms with Crippen molar-refractivity contribution in [2.45, 2.75) is 44.7 Å². The van der Waals surface area contributed by atoms with E-state index in [1.165, 1.54) is 12.1 Å². The third kappa shape index (κ3) is 6.28. The van der Waals surface area contributed by atoms with Crippen molar-refractivity contribution < 1.29 is 27.9 Å². The van der Waals surface area contributed by atoms with Gasteiger partial charge in [-0.25, -0.2) is 4.98 Å². The predicted molar refractivity (Wildman–Crippen MR) is 141 cm³/mol. The number of thiazole rings is 1. The molecule has 2 aromatic carbocycles. The summed E-state index contributed by atoms with van der Waals surface area (Å²) in [7, 11) is 0. The molecule has 7 nitrogen and oxygen atoms in total. The zero-order valence-electron chi connectivity index (χ0n) is 21.3. The number of piperazine rings is 1. The number of aromatic nitrogens is 1. The molecule has 0 bridgehead atoms. The molecule has 0 amide bonds. The number of hydrogen-bond donors (Lipinski definition) is 1. The van der Waals surface area contributed by atoms with E-state index in [2.05, 4.69) is 26.9 Å². The predicted octanol–water partition coefficient (Wildman–Crippen LogP) is 4.89. The molecule has 204 valence electrons. The van der Waals surface area contributed by atoms with Crippen molar-refractivity contribution >= 4 is 27.3 Å². The van der Waals surface area contributed by atoms with Gasteiger partial charge in [0.25, 0.3) is 0 Å². The van der Waals surface area contributed by atoms with Crippen molar-refractivity contribution in [3.05, 3.63) is 58.6 Å². The van der Waals surface area contributed by atoms with Gasteiger partial charge in [0.05, 0.1) is 26.5 Å². The number of oxime groups is 1. The molecule has 1 fully saturated rings. The molecular formula is C27H31F3N4O3S. The summed E-state index contributed by atoms with van der Waals surface area (Å²) in [4.78, 5) is 14.4. The number of halogens is 3. The fraction of sp³-hybridized carbons (Fsp3) is 0.481. The van der Waals surface area contributed by atoms with E-state index in [0.717, 1.165) is 46.6 Å². The lowest BCUT2D eigenvalue weighted by molar-refractivity contribution is -0.139. The average molecular weight is 549 g/mol. The van der Waals surface area contributed by atoms with Gasteiger partial charge in [0, 0.05) is 56.8 Å². The quantitative estimate of drug-likeness (QED) is 0.433. The Morgan fingerprint density at radius 1 is 1.21 bits per heavy atom. The van der Waals surface area contributed by atoms with Crippen LogP contribution in [0.2, 0.25) is 0 Å². The first-order valence-corrected chi connectivity index (χ1v) is 13.5. The van der Waals surface area contributed by atoms with Crippen LogP contribution in [0.1, 0.15) is 35.6 Å². The Morgan fingerprint density at radius 3 is 2.82 bits per heavy atom. The summed E-state index contributed by atoms with van der Waals surface area (Å²) in [6.07, 6.45) is -5.46. The Labute approximate surface area is 223 Å². The molecule has 3 atom stereocenters. The number of hydrogen-bond acceptors (Lipinski definition) is 8. The van der Waals surface area contributed by atoms with Crippen molar-refractivity contribution in [1.29, 1.82) is 0 Å². The van der Waals surface area contributed by atoms with Gasteiger partial charge in [-0.15, -0.1) is 11.3 Å².